The standard InChI is InChI=1S/C18H30O8/c1-17(24)6-5-11-10(17)4-3-9(20)7-18(11,2)26-16-15(23)14(22)13(21)12(8-19)25-16/h3-4,9-16,19-24H,5-8H2,1-2H3/t9-,10+,11+,12-,13+,14+,15-,16+,17-,18+/m1/s1. The van der Waals surface area contributed by atoms with Gasteiger partial charge in [0.25, 0.3) is 0 Å². The number of ether oxygens (including phenoxy) is 2. The first-order valence-corrected chi connectivity index (χ1v) is 9.16. The van der Waals surface area contributed by atoms with Gasteiger partial charge in [0, 0.05) is 12.3 Å². The van der Waals surface area contributed by atoms with Gasteiger partial charge in [-0.2, -0.15) is 0 Å². The van der Waals surface area contributed by atoms with E-state index in [4.69, 9.17) is 9.47 Å². The van der Waals surface area contributed by atoms with Crippen molar-refractivity contribution in [3.63, 3.8) is 0 Å². The molecule has 26 heavy (non-hydrogen) atoms. The molecule has 8 heteroatoms. The number of aliphatic hydroxyl groups is 6. The fraction of sp³-hybridized carbons (Fsp3) is 0.889. The van der Waals surface area contributed by atoms with Crippen molar-refractivity contribution >= 4 is 0 Å². The summed E-state index contributed by atoms with van der Waals surface area (Å²) in [6.45, 7) is 3.02. The van der Waals surface area contributed by atoms with E-state index in [1.165, 1.54) is 0 Å². The largest absolute Gasteiger partial charge is 0.394 e. The monoisotopic (exact) mass is 374 g/mol. The first kappa shape index (κ1) is 20.2. The van der Waals surface area contributed by atoms with E-state index in [1.54, 1.807) is 19.9 Å². The van der Waals surface area contributed by atoms with Crippen molar-refractivity contribution in [2.75, 3.05) is 6.61 Å². The highest BCUT2D eigenvalue weighted by Crippen LogP contribution is 2.51. The molecule has 1 heterocycles. The van der Waals surface area contributed by atoms with Crippen molar-refractivity contribution in [3.05, 3.63) is 12.2 Å². The maximum atomic E-state index is 10.7. The zero-order valence-corrected chi connectivity index (χ0v) is 15.1. The first-order chi connectivity index (χ1) is 12.1. The van der Waals surface area contributed by atoms with Gasteiger partial charge in [-0.1, -0.05) is 12.2 Å². The van der Waals surface area contributed by atoms with Gasteiger partial charge in [-0.15, -0.1) is 0 Å². The van der Waals surface area contributed by atoms with Crippen LogP contribution in [0.5, 0.6) is 0 Å². The van der Waals surface area contributed by atoms with E-state index in [-0.39, 0.29) is 18.3 Å². The van der Waals surface area contributed by atoms with Gasteiger partial charge in [0.2, 0.25) is 0 Å². The Morgan fingerprint density at radius 2 is 1.77 bits per heavy atom. The Labute approximate surface area is 152 Å². The van der Waals surface area contributed by atoms with E-state index < -0.39 is 54.6 Å². The molecule has 0 amide bonds. The van der Waals surface area contributed by atoms with Crippen molar-refractivity contribution in [3.8, 4) is 0 Å². The first-order valence-electron chi connectivity index (χ1n) is 9.16. The number of fused-ring (bicyclic) bond motifs is 1. The summed E-state index contributed by atoms with van der Waals surface area (Å²) in [7, 11) is 0. The van der Waals surface area contributed by atoms with Crippen molar-refractivity contribution in [2.24, 2.45) is 11.8 Å². The SMILES string of the molecule is C[C@@]1(O)CC[C@H]2[C@@H]1C=C[C@@H](O)C[C@]2(C)O[C@@H]1O[C@H](CO)[C@H](O)[C@H](O)[C@H]1O. The summed E-state index contributed by atoms with van der Waals surface area (Å²) in [5, 5.41) is 60.5. The lowest BCUT2D eigenvalue weighted by molar-refractivity contribution is -0.333. The van der Waals surface area contributed by atoms with Crippen LogP contribution in [0.15, 0.2) is 12.2 Å². The van der Waals surface area contributed by atoms with E-state index >= 15 is 0 Å². The van der Waals surface area contributed by atoms with Crippen LogP contribution >= 0.6 is 0 Å². The van der Waals surface area contributed by atoms with Crippen LogP contribution in [0.2, 0.25) is 0 Å². The molecule has 150 valence electrons. The summed E-state index contributed by atoms with van der Waals surface area (Å²) in [6, 6.07) is 0. The molecule has 10 atom stereocenters. The molecule has 6 N–H and O–H groups in total. The second kappa shape index (κ2) is 7.10. The summed E-state index contributed by atoms with van der Waals surface area (Å²) in [5.74, 6) is -0.354. The molecule has 0 unspecified atom stereocenters. The zero-order chi connectivity index (χ0) is 19.3. The highest BCUT2D eigenvalue weighted by molar-refractivity contribution is 5.14. The third-order valence-electron chi connectivity index (χ3n) is 6.29. The summed E-state index contributed by atoms with van der Waals surface area (Å²) < 4.78 is 11.6. The second-order valence-corrected chi connectivity index (χ2v) is 8.31. The van der Waals surface area contributed by atoms with Gasteiger partial charge in [0.1, 0.15) is 24.4 Å². The third-order valence-corrected chi connectivity index (χ3v) is 6.29. The van der Waals surface area contributed by atoms with Crippen LogP contribution in [-0.4, -0.2) is 85.3 Å². The molecule has 0 radical (unpaired) electrons. The van der Waals surface area contributed by atoms with E-state index in [9.17, 15) is 30.6 Å². The molecule has 2 aliphatic carbocycles. The maximum Gasteiger partial charge on any atom is 0.187 e. The van der Waals surface area contributed by atoms with Crippen LogP contribution in [0.1, 0.15) is 33.1 Å². The molecule has 0 aromatic heterocycles. The van der Waals surface area contributed by atoms with Crippen molar-refractivity contribution in [2.45, 2.75) is 81.1 Å². The summed E-state index contributed by atoms with van der Waals surface area (Å²) in [4.78, 5) is 0. The van der Waals surface area contributed by atoms with E-state index in [0.717, 1.165) is 0 Å². The molecule has 1 aliphatic heterocycles. The molecule has 2 fully saturated rings. The Hall–Kier alpha value is -0.580. The molecule has 0 bridgehead atoms. The van der Waals surface area contributed by atoms with Crippen LogP contribution in [0.25, 0.3) is 0 Å². The number of rotatable bonds is 3. The van der Waals surface area contributed by atoms with Crippen molar-refractivity contribution in [1.82, 2.24) is 0 Å². The molecule has 0 spiro atoms. The Kier molecular flexibility index (Phi) is 5.51. The third kappa shape index (κ3) is 3.45. The quantitative estimate of drug-likeness (QED) is 0.334. The van der Waals surface area contributed by atoms with Crippen molar-refractivity contribution < 1.29 is 40.1 Å². The fourth-order valence-electron chi connectivity index (χ4n) is 4.70. The van der Waals surface area contributed by atoms with E-state index in [2.05, 4.69) is 0 Å². The minimum absolute atomic E-state index is 0.127. The number of hydrogen-bond acceptors (Lipinski definition) is 8. The van der Waals surface area contributed by atoms with Crippen LogP contribution < -0.4 is 0 Å². The predicted molar refractivity (Wildman–Crippen MR) is 89.9 cm³/mol. The van der Waals surface area contributed by atoms with Crippen LogP contribution in [0.3, 0.4) is 0 Å². The van der Waals surface area contributed by atoms with E-state index in [1.807, 2.05) is 6.08 Å². The highest BCUT2D eigenvalue weighted by Gasteiger charge is 2.55. The van der Waals surface area contributed by atoms with Gasteiger partial charge in [-0.3, -0.25) is 0 Å². The Bertz CT molecular complexity index is 535. The topological polar surface area (TPSA) is 140 Å². The van der Waals surface area contributed by atoms with Crippen molar-refractivity contribution in [1.29, 1.82) is 0 Å². The molecule has 1 saturated carbocycles. The number of hydrogen-bond donors (Lipinski definition) is 6. The number of aliphatic hydroxyl groups excluding tert-OH is 5. The molecule has 0 aromatic carbocycles. The molecule has 8 nitrogen and oxygen atoms in total. The zero-order valence-electron chi connectivity index (χ0n) is 15.1. The second-order valence-electron chi connectivity index (χ2n) is 8.31. The lowest BCUT2D eigenvalue weighted by Gasteiger charge is -2.46. The van der Waals surface area contributed by atoms with Gasteiger partial charge < -0.3 is 40.1 Å². The molecule has 3 aliphatic rings. The van der Waals surface area contributed by atoms with Crippen LogP contribution in [0.4, 0.5) is 0 Å². The van der Waals surface area contributed by atoms with Gasteiger partial charge in [0.15, 0.2) is 6.29 Å². The van der Waals surface area contributed by atoms with Gasteiger partial charge in [-0.05, 0) is 32.6 Å². The minimum Gasteiger partial charge on any atom is -0.394 e. The normalized spacial score (nSPS) is 54.8. The van der Waals surface area contributed by atoms with Gasteiger partial charge in [0.05, 0.1) is 23.9 Å². The molecular weight excluding hydrogens is 344 g/mol. The Morgan fingerprint density at radius 1 is 1.08 bits per heavy atom. The Morgan fingerprint density at radius 3 is 2.42 bits per heavy atom. The van der Waals surface area contributed by atoms with Gasteiger partial charge in [-0.25, -0.2) is 0 Å². The minimum atomic E-state index is -1.52. The van der Waals surface area contributed by atoms with Crippen LogP contribution in [0, 0.1) is 11.8 Å². The lowest BCUT2D eigenvalue weighted by Crippen LogP contribution is -2.61. The van der Waals surface area contributed by atoms with Gasteiger partial charge >= 0.3 is 0 Å². The highest BCUT2D eigenvalue weighted by atomic mass is 16.7. The summed E-state index contributed by atoms with van der Waals surface area (Å²) in [6.07, 6.45) is -2.64. The molecule has 1 saturated heterocycles. The van der Waals surface area contributed by atoms with E-state index in [0.29, 0.717) is 12.8 Å². The summed E-state index contributed by atoms with van der Waals surface area (Å²) in [5.41, 5.74) is -1.87. The predicted octanol–water partition coefficient (Wildman–Crippen LogP) is -1.34. The fourth-order valence-corrected chi connectivity index (χ4v) is 4.70. The summed E-state index contributed by atoms with van der Waals surface area (Å²) >= 11 is 0. The van der Waals surface area contributed by atoms with Crippen LogP contribution in [-0.2, 0) is 9.47 Å². The molecule has 0 aromatic rings. The smallest absolute Gasteiger partial charge is 0.187 e. The average Bonchev–Trinajstić information content (AvgIpc) is 2.81. The molecule has 3 rings (SSSR count). The Balaban J connectivity index is 1.84. The lowest BCUT2D eigenvalue weighted by atomic mass is 9.77. The molecular formula is C18H30O8. The average molecular weight is 374 g/mol. The maximum absolute atomic E-state index is 10.7.